The maximum absolute atomic E-state index is 12.8. The molecule has 2 aromatic carbocycles. The van der Waals surface area contributed by atoms with E-state index in [4.69, 9.17) is 4.74 Å². The van der Waals surface area contributed by atoms with E-state index >= 15 is 0 Å². The molecule has 0 fully saturated rings. The van der Waals surface area contributed by atoms with Crippen LogP contribution in [0.4, 0.5) is 5.69 Å². The molecule has 2 aromatic rings. The summed E-state index contributed by atoms with van der Waals surface area (Å²) in [5.41, 5.74) is 0.996. The fraction of sp³-hybridized carbons (Fsp3) is 0.346. The second-order valence-electron chi connectivity index (χ2n) is 7.66. The van der Waals surface area contributed by atoms with Gasteiger partial charge in [-0.15, -0.1) is 13.2 Å². The molecule has 0 spiro atoms. The highest BCUT2D eigenvalue weighted by Gasteiger charge is 2.22. The number of hydrogen-bond donors (Lipinski definition) is 1. The van der Waals surface area contributed by atoms with E-state index in [1.54, 1.807) is 36.4 Å². The highest BCUT2D eigenvalue weighted by molar-refractivity contribution is 7.89. The first-order chi connectivity index (χ1) is 15.9. The highest BCUT2D eigenvalue weighted by atomic mass is 32.2. The van der Waals surface area contributed by atoms with Crippen LogP contribution in [0.15, 0.2) is 78.7 Å². The molecule has 0 aliphatic rings. The fourth-order valence-electron chi connectivity index (χ4n) is 3.22. The number of nitrogens with zero attached hydrogens (tertiary/aromatic N) is 1. The number of rotatable bonds is 15. The normalized spacial score (nSPS) is 11.2. The maximum atomic E-state index is 12.8. The third-order valence-corrected chi connectivity index (χ3v) is 6.89. The number of carbonyl (C=O) groups excluding carboxylic acids is 1. The number of amides is 1. The fourth-order valence-corrected chi connectivity index (χ4v) is 4.60. The van der Waals surface area contributed by atoms with Crippen molar-refractivity contribution in [3.05, 3.63) is 79.4 Å². The van der Waals surface area contributed by atoms with Crippen molar-refractivity contribution in [2.45, 2.75) is 43.9 Å². The van der Waals surface area contributed by atoms with Crippen molar-refractivity contribution in [1.29, 1.82) is 0 Å². The van der Waals surface area contributed by atoms with Crippen LogP contribution in [0.2, 0.25) is 0 Å². The topological polar surface area (TPSA) is 75.7 Å². The van der Waals surface area contributed by atoms with E-state index < -0.39 is 10.0 Å². The van der Waals surface area contributed by atoms with Crippen LogP contribution >= 0.6 is 0 Å². The van der Waals surface area contributed by atoms with E-state index in [0.717, 1.165) is 18.6 Å². The number of nitrogens with one attached hydrogen (secondary N) is 1. The summed E-state index contributed by atoms with van der Waals surface area (Å²) < 4.78 is 32.5. The molecule has 6 nitrogen and oxygen atoms in total. The standard InChI is InChI=1S/C26H34N2O4S/c1-4-7-8-9-10-21-32-24-15-11-22(12-16-24)26(29)27-23-13-17-25(18-14-23)33(30,31)28(19-5-2)20-6-3/h5-6,11-18H,2-4,7-10,19-21H2,1H3,(H,27,29). The Morgan fingerprint density at radius 1 is 0.939 bits per heavy atom. The average molecular weight is 471 g/mol. The van der Waals surface area contributed by atoms with E-state index in [9.17, 15) is 13.2 Å². The van der Waals surface area contributed by atoms with Gasteiger partial charge in [0.25, 0.3) is 5.91 Å². The number of carbonyl (C=O) groups is 1. The summed E-state index contributed by atoms with van der Waals surface area (Å²) in [5, 5.41) is 2.79. The lowest BCUT2D eigenvalue weighted by Crippen LogP contribution is -2.31. The van der Waals surface area contributed by atoms with Gasteiger partial charge in [0.15, 0.2) is 0 Å². The van der Waals surface area contributed by atoms with Gasteiger partial charge in [-0.2, -0.15) is 4.31 Å². The van der Waals surface area contributed by atoms with Gasteiger partial charge >= 0.3 is 0 Å². The molecule has 0 saturated heterocycles. The van der Waals surface area contributed by atoms with Gasteiger partial charge in [0.1, 0.15) is 5.75 Å². The van der Waals surface area contributed by atoms with Gasteiger partial charge in [-0.05, 0) is 55.0 Å². The Morgan fingerprint density at radius 2 is 1.55 bits per heavy atom. The van der Waals surface area contributed by atoms with E-state index in [-0.39, 0.29) is 23.9 Å². The molecule has 0 heterocycles. The van der Waals surface area contributed by atoms with Crippen molar-refractivity contribution >= 4 is 21.6 Å². The molecule has 178 valence electrons. The summed E-state index contributed by atoms with van der Waals surface area (Å²) in [7, 11) is -3.68. The Bertz CT molecular complexity index is 990. The molecule has 7 heteroatoms. The number of anilines is 1. The molecule has 0 unspecified atom stereocenters. The third kappa shape index (κ3) is 8.18. The predicted molar refractivity (Wildman–Crippen MR) is 134 cm³/mol. The zero-order valence-corrected chi connectivity index (χ0v) is 20.1. The molecule has 2 rings (SSSR count). The molecule has 1 amide bonds. The second kappa shape index (κ2) is 13.6. The molecule has 33 heavy (non-hydrogen) atoms. The van der Waals surface area contributed by atoms with Crippen LogP contribution in [0.3, 0.4) is 0 Å². The van der Waals surface area contributed by atoms with Crippen LogP contribution in [0.25, 0.3) is 0 Å². The van der Waals surface area contributed by atoms with Gasteiger partial charge in [0.2, 0.25) is 10.0 Å². The summed E-state index contributed by atoms with van der Waals surface area (Å²) in [6, 6.07) is 13.1. The lowest BCUT2D eigenvalue weighted by atomic mass is 10.1. The number of unbranched alkanes of at least 4 members (excludes halogenated alkanes) is 4. The first-order valence-corrected chi connectivity index (χ1v) is 12.7. The summed E-state index contributed by atoms with van der Waals surface area (Å²) >= 11 is 0. The molecule has 0 aromatic heterocycles. The van der Waals surface area contributed by atoms with E-state index in [0.29, 0.717) is 17.9 Å². The molecular weight excluding hydrogens is 436 g/mol. The lowest BCUT2D eigenvalue weighted by molar-refractivity contribution is 0.102. The van der Waals surface area contributed by atoms with Crippen molar-refractivity contribution < 1.29 is 17.9 Å². The molecule has 0 saturated carbocycles. The third-order valence-electron chi connectivity index (χ3n) is 5.05. The summed E-state index contributed by atoms with van der Waals surface area (Å²) in [4.78, 5) is 12.7. The molecule has 1 N–H and O–H groups in total. The second-order valence-corrected chi connectivity index (χ2v) is 9.60. The number of ether oxygens (including phenoxy) is 1. The molecule has 0 radical (unpaired) electrons. The van der Waals surface area contributed by atoms with Gasteiger partial charge in [0, 0.05) is 24.3 Å². The van der Waals surface area contributed by atoms with Gasteiger partial charge in [-0.3, -0.25) is 4.79 Å². The molecule has 0 aliphatic heterocycles. The Morgan fingerprint density at radius 3 is 2.12 bits per heavy atom. The minimum absolute atomic E-state index is 0.139. The Balaban J connectivity index is 1.93. The molecule has 0 bridgehead atoms. The number of sulfonamides is 1. The van der Waals surface area contributed by atoms with Crippen LogP contribution in [-0.4, -0.2) is 38.3 Å². The van der Waals surface area contributed by atoms with E-state index in [1.165, 1.54) is 47.9 Å². The summed E-state index contributed by atoms with van der Waals surface area (Å²) in [5.74, 6) is 0.455. The van der Waals surface area contributed by atoms with Crippen LogP contribution in [-0.2, 0) is 10.0 Å². The van der Waals surface area contributed by atoms with Crippen LogP contribution in [0.1, 0.15) is 49.4 Å². The van der Waals surface area contributed by atoms with Crippen molar-refractivity contribution in [2.24, 2.45) is 0 Å². The molecular formula is C26H34N2O4S. The monoisotopic (exact) mass is 470 g/mol. The van der Waals surface area contributed by atoms with Crippen molar-refractivity contribution in [3.8, 4) is 5.75 Å². The molecule has 0 aliphatic carbocycles. The average Bonchev–Trinajstić information content (AvgIpc) is 2.82. The van der Waals surface area contributed by atoms with Gasteiger partial charge in [-0.25, -0.2) is 8.42 Å². The smallest absolute Gasteiger partial charge is 0.255 e. The first kappa shape index (κ1) is 26.4. The van der Waals surface area contributed by atoms with Crippen molar-refractivity contribution in [3.63, 3.8) is 0 Å². The van der Waals surface area contributed by atoms with E-state index in [1.807, 2.05) is 0 Å². The number of benzene rings is 2. The van der Waals surface area contributed by atoms with Gasteiger partial charge in [-0.1, -0.05) is 44.8 Å². The zero-order chi connectivity index (χ0) is 24.1. The van der Waals surface area contributed by atoms with E-state index in [2.05, 4.69) is 25.4 Å². The largest absolute Gasteiger partial charge is 0.494 e. The summed E-state index contributed by atoms with van der Waals surface area (Å²) in [6.45, 7) is 10.4. The first-order valence-electron chi connectivity index (χ1n) is 11.3. The Hall–Kier alpha value is -2.90. The van der Waals surface area contributed by atoms with Gasteiger partial charge in [0.05, 0.1) is 11.5 Å². The zero-order valence-electron chi connectivity index (χ0n) is 19.3. The Labute approximate surface area is 198 Å². The van der Waals surface area contributed by atoms with Crippen molar-refractivity contribution in [1.82, 2.24) is 4.31 Å². The minimum atomic E-state index is -3.68. The molecule has 0 atom stereocenters. The summed E-state index contributed by atoms with van der Waals surface area (Å²) in [6.07, 6.45) is 8.94. The van der Waals surface area contributed by atoms with Crippen LogP contribution < -0.4 is 10.1 Å². The quantitative estimate of drug-likeness (QED) is 0.270. The number of hydrogen-bond acceptors (Lipinski definition) is 4. The minimum Gasteiger partial charge on any atom is -0.494 e. The Kier molecular flexibility index (Phi) is 10.9. The predicted octanol–water partition coefficient (Wildman–Crippen LogP) is 5.65. The van der Waals surface area contributed by atoms with Crippen molar-refractivity contribution in [2.75, 3.05) is 25.0 Å². The maximum Gasteiger partial charge on any atom is 0.255 e. The van der Waals surface area contributed by atoms with Crippen LogP contribution in [0.5, 0.6) is 5.75 Å². The lowest BCUT2D eigenvalue weighted by Gasteiger charge is -2.19. The van der Waals surface area contributed by atoms with Gasteiger partial charge < -0.3 is 10.1 Å². The SMILES string of the molecule is C=CCN(CC=C)S(=O)(=O)c1ccc(NC(=O)c2ccc(OCCCCCCC)cc2)cc1. The van der Waals surface area contributed by atoms with Crippen LogP contribution in [0, 0.1) is 0 Å². The highest BCUT2D eigenvalue weighted by Crippen LogP contribution is 2.20.